The number of rotatable bonds is 4. The maximum atomic E-state index is 10.8. The van der Waals surface area contributed by atoms with E-state index in [1.165, 1.54) is 0 Å². The number of carbonyl (C=O) groups is 1. The number of hydrogen-bond acceptors (Lipinski definition) is 3. The Kier molecular flexibility index (Phi) is 4.70. The Hall–Kier alpha value is -0.290. The predicted molar refractivity (Wildman–Crippen MR) is 50.6 cm³/mol. The van der Waals surface area contributed by atoms with Gasteiger partial charge in [0.05, 0.1) is 10.9 Å². The molecule has 0 aliphatic rings. The molecule has 4 nitrogen and oxygen atoms in total. The highest BCUT2D eigenvalue weighted by Crippen LogP contribution is 2.28. The van der Waals surface area contributed by atoms with Crippen molar-refractivity contribution < 1.29 is 14.7 Å². The van der Waals surface area contributed by atoms with Gasteiger partial charge in [-0.25, -0.2) is 10.7 Å². The Balaban J connectivity index is 5.23. The van der Waals surface area contributed by atoms with Gasteiger partial charge < -0.3 is 5.11 Å². The summed E-state index contributed by atoms with van der Waals surface area (Å²) in [5, 5.41) is 8.83. The monoisotopic (exact) mass is 227 g/mol. The van der Waals surface area contributed by atoms with E-state index in [-0.39, 0.29) is 10.9 Å². The van der Waals surface area contributed by atoms with Gasteiger partial charge in [-0.1, -0.05) is 17.2 Å². The third-order valence-corrected chi connectivity index (χ3v) is 2.59. The van der Waals surface area contributed by atoms with Gasteiger partial charge in [-0.2, -0.15) is 0 Å². The lowest BCUT2D eigenvalue weighted by Crippen LogP contribution is -2.46. The Bertz CT molecular complexity index is 232. The standard InChI is InChI=1S/C7H11Cl2NO3/c1-4(2)5(9)7(3-8,13-10)6(11)12/h3,10H2,1-2H3,(H,11,12). The molecule has 6 heteroatoms. The number of allylic oxidation sites excluding steroid dienone is 1. The molecule has 0 radical (unpaired) electrons. The average molecular weight is 228 g/mol. The molecule has 0 aromatic rings. The van der Waals surface area contributed by atoms with E-state index in [9.17, 15) is 4.79 Å². The highest BCUT2D eigenvalue weighted by Gasteiger charge is 2.43. The van der Waals surface area contributed by atoms with Gasteiger partial charge in [-0.15, -0.1) is 11.6 Å². The summed E-state index contributed by atoms with van der Waals surface area (Å²) in [5.41, 5.74) is -1.24. The molecule has 0 aliphatic carbocycles. The van der Waals surface area contributed by atoms with Crippen molar-refractivity contribution in [2.45, 2.75) is 19.4 Å². The van der Waals surface area contributed by atoms with Gasteiger partial charge in [0.2, 0.25) is 5.60 Å². The summed E-state index contributed by atoms with van der Waals surface area (Å²) in [6, 6.07) is 0. The maximum Gasteiger partial charge on any atom is 0.345 e. The second-order valence-electron chi connectivity index (χ2n) is 2.70. The number of halogens is 2. The minimum Gasteiger partial charge on any atom is -0.479 e. The van der Waals surface area contributed by atoms with Crippen LogP contribution in [0.25, 0.3) is 0 Å². The lowest BCUT2D eigenvalue weighted by atomic mass is 10.0. The molecule has 3 N–H and O–H groups in total. The first-order chi connectivity index (χ1) is 5.92. The molecule has 0 spiro atoms. The van der Waals surface area contributed by atoms with Crippen LogP contribution in [0.3, 0.4) is 0 Å². The zero-order valence-electron chi connectivity index (χ0n) is 7.30. The highest BCUT2D eigenvalue weighted by atomic mass is 35.5. The molecule has 0 heterocycles. The van der Waals surface area contributed by atoms with E-state index in [1.807, 2.05) is 0 Å². The Morgan fingerprint density at radius 3 is 2.15 bits per heavy atom. The lowest BCUT2D eigenvalue weighted by molar-refractivity contribution is -0.158. The molecule has 0 bridgehead atoms. The fourth-order valence-corrected chi connectivity index (χ4v) is 1.32. The molecule has 0 aliphatic heterocycles. The van der Waals surface area contributed by atoms with Gasteiger partial charge in [0, 0.05) is 0 Å². The van der Waals surface area contributed by atoms with E-state index in [1.54, 1.807) is 13.8 Å². The zero-order valence-corrected chi connectivity index (χ0v) is 8.82. The van der Waals surface area contributed by atoms with Crippen molar-refractivity contribution in [3.05, 3.63) is 10.6 Å². The molecule has 1 atom stereocenters. The lowest BCUT2D eigenvalue weighted by Gasteiger charge is -2.24. The molecule has 76 valence electrons. The normalized spacial score (nSPS) is 14.8. The summed E-state index contributed by atoms with van der Waals surface area (Å²) >= 11 is 11.2. The summed E-state index contributed by atoms with van der Waals surface area (Å²) in [6.07, 6.45) is 0. The summed E-state index contributed by atoms with van der Waals surface area (Å²) < 4.78 is 0. The van der Waals surface area contributed by atoms with E-state index < -0.39 is 11.6 Å². The van der Waals surface area contributed by atoms with Gasteiger partial charge >= 0.3 is 5.97 Å². The number of carboxylic acid groups (broad SMARTS) is 1. The molecule has 0 amide bonds. The predicted octanol–water partition coefficient (Wildman–Crippen LogP) is 1.47. The van der Waals surface area contributed by atoms with E-state index in [2.05, 4.69) is 4.84 Å². The van der Waals surface area contributed by atoms with Crippen molar-refractivity contribution in [1.29, 1.82) is 0 Å². The molecule has 0 aromatic carbocycles. The van der Waals surface area contributed by atoms with Crippen LogP contribution < -0.4 is 5.90 Å². The smallest absolute Gasteiger partial charge is 0.345 e. The van der Waals surface area contributed by atoms with Crippen molar-refractivity contribution in [2.24, 2.45) is 5.90 Å². The fourth-order valence-electron chi connectivity index (χ4n) is 0.747. The molecule has 0 aromatic heterocycles. The summed E-state index contributed by atoms with van der Waals surface area (Å²) in [5.74, 6) is 3.22. The van der Waals surface area contributed by atoms with Crippen molar-refractivity contribution in [2.75, 3.05) is 5.88 Å². The second-order valence-corrected chi connectivity index (χ2v) is 3.34. The van der Waals surface area contributed by atoms with Gasteiger partial charge in [0.15, 0.2) is 0 Å². The summed E-state index contributed by atoms with van der Waals surface area (Å²) in [6.45, 7) is 3.29. The largest absolute Gasteiger partial charge is 0.479 e. The van der Waals surface area contributed by atoms with Crippen LogP contribution in [0.15, 0.2) is 10.6 Å². The molecule has 1 unspecified atom stereocenters. The third kappa shape index (κ3) is 2.34. The van der Waals surface area contributed by atoms with Crippen molar-refractivity contribution in [3.63, 3.8) is 0 Å². The van der Waals surface area contributed by atoms with Gasteiger partial charge in [-0.3, -0.25) is 4.84 Å². The number of nitrogens with two attached hydrogens (primary N) is 1. The van der Waals surface area contributed by atoms with Crippen molar-refractivity contribution >= 4 is 29.2 Å². The first kappa shape index (κ1) is 12.7. The van der Waals surface area contributed by atoms with Crippen molar-refractivity contribution in [1.82, 2.24) is 0 Å². The summed E-state index contributed by atoms with van der Waals surface area (Å²) in [4.78, 5) is 15.2. The van der Waals surface area contributed by atoms with Crippen LogP contribution in [-0.4, -0.2) is 22.6 Å². The number of aliphatic carboxylic acids is 1. The number of alkyl halides is 1. The molecule has 0 saturated carbocycles. The highest BCUT2D eigenvalue weighted by molar-refractivity contribution is 6.34. The molecular weight excluding hydrogens is 217 g/mol. The Morgan fingerprint density at radius 1 is 1.62 bits per heavy atom. The van der Waals surface area contributed by atoms with Gasteiger partial charge in [0.1, 0.15) is 0 Å². The maximum absolute atomic E-state index is 10.8. The quantitative estimate of drug-likeness (QED) is 0.564. The zero-order chi connectivity index (χ0) is 10.6. The van der Waals surface area contributed by atoms with Crippen LogP contribution in [0.1, 0.15) is 13.8 Å². The molecule has 0 rings (SSSR count). The Morgan fingerprint density at radius 2 is 2.08 bits per heavy atom. The molecule has 13 heavy (non-hydrogen) atoms. The first-order valence-corrected chi connectivity index (χ1v) is 4.34. The van der Waals surface area contributed by atoms with Crippen LogP contribution in [0.4, 0.5) is 0 Å². The first-order valence-electron chi connectivity index (χ1n) is 3.43. The number of carboxylic acids is 1. The van der Waals surface area contributed by atoms with Crippen LogP contribution in [0.5, 0.6) is 0 Å². The third-order valence-electron chi connectivity index (χ3n) is 1.53. The minimum absolute atomic E-state index is 0.00231. The van der Waals surface area contributed by atoms with Crippen LogP contribution in [0.2, 0.25) is 0 Å². The second kappa shape index (κ2) is 4.81. The number of hydrogen-bond donors (Lipinski definition) is 2. The Labute approximate surface area is 86.2 Å². The fraction of sp³-hybridized carbons (Fsp3) is 0.571. The molecular formula is C7H11Cl2NO3. The van der Waals surface area contributed by atoms with E-state index in [4.69, 9.17) is 34.2 Å². The minimum atomic E-state index is -1.83. The average Bonchev–Trinajstić information content (AvgIpc) is 2.06. The topological polar surface area (TPSA) is 72.5 Å². The molecule has 0 saturated heterocycles. The van der Waals surface area contributed by atoms with Gasteiger partial charge in [0.25, 0.3) is 0 Å². The van der Waals surface area contributed by atoms with E-state index in [0.29, 0.717) is 5.57 Å². The molecule has 0 fully saturated rings. The van der Waals surface area contributed by atoms with Gasteiger partial charge in [-0.05, 0) is 13.8 Å². The van der Waals surface area contributed by atoms with E-state index in [0.717, 1.165) is 0 Å². The summed E-state index contributed by atoms with van der Waals surface area (Å²) in [7, 11) is 0. The van der Waals surface area contributed by atoms with Crippen LogP contribution in [-0.2, 0) is 9.63 Å². The van der Waals surface area contributed by atoms with Crippen LogP contribution >= 0.6 is 23.2 Å². The van der Waals surface area contributed by atoms with Crippen LogP contribution in [0, 0.1) is 0 Å². The van der Waals surface area contributed by atoms with Crippen molar-refractivity contribution in [3.8, 4) is 0 Å². The SMILES string of the molecule is CC(C)=C(Cl)C(CCl)(ON)C(=O)O. The van der Waals surface area contributed by atoms with E-state index >= 15 is 0 Å².